The number of carbonyl (C=O) groups is 2. The molecule has 2 heterocycles. The van der Waals surface area contributed by atoms with Gasteiger partial charge in [0.25, 0.3) is 5.91 Å². The molecule has 2 atom stereocenters. The van der Waals surface area contributed by atoms with Crippen LogP contribution in [0, 0.1) is 6.92 Å². The summed E-state index contributed by atoms with van der Waals surface area (Å²) < 4.78 is 11.8. The molecule has 1 aromatic heterocycles. The SMILES string of the molecule is CCC1Oc2ccc(-c3csc(C)n3)cc2N(C(CC)C(=O)OC2CCCCC2)C1=O. The maximum Gasteiger partial charge on any atom is 0.329 e. The first-order valence-electron chi connectivity index (χ1n) is 11.3. The Balaban J connectivity index is 1.68. The van der Waals surface area contributed by atoms with Crippen LogP contribution in [0.25, 0.3) is 11.3 Å². The summed E-state index contributed by atoms with van der Waals surface area (Å²) in [5.41, 5.74) is 2.37. The van der Waals surface area contributed by atoms with Crippen molar-refractivity contribution in [3.63, 3.8) is 0 Å². The van der Waals surface area contributed by atoms with Gasteiger partial charge in [-0.15, -0.1) is 11.3 Å². The molecule has 0 spiro atoms. The van der Waals surface area contributed by atoms with E-state index in [0.29, 0.717) is 24.3 Å². The van der Waals surface area contributed by atoms with Gasteiger partial charge in [0.05, 0.1) is 16.4 Å². The molecule has 0 bridgehead atoms. The predicted octanol–water partition coefficient (Wildman–Crippen LogP) is 5.28. The van der Waals surface area contributed by atoms with Crippen LogP contribution in [0.5, 0.6) is 5.75 Å². The number of anilines is 1. The van der Waals surface area contributed by atoms with Crippen molar-refractivity contribution in [3.8, 4) is 17.0 Å². The maximum absolute atomic E-state index is 13.3. The molecule has 31 heavy (non-hydrogen) atoms. The molecule has 1 aromatic carbocycles. The second-order valence-electron chi connectivity index (χ2n) is 8.28. The fourth-order valence-electron chi connectivity index (χ4n) is 4.40. The summed E-state index contributed by atoms with van der Waals surface area (Å²) in [5, 5.41) is 2.97. The first kappa shape index (κ1) is 21.8. The Morgan fingerprint density at radius 3 is 2.71 bits per heavy atom. The quantitative estimate of drug-likeness (QED) is 0.570. The number of thiazole rings is 1. The molecule has 4 rings (SSSR count). The highest BCUT2D eigenvalue weighted by Gasteiger charge is 2.41. The molecule has 6 nitrogen and oxygen atoms in total. The lowest BCUT2D eigenvalue weighted by atomic mass is 9.97. The van der Waals surface area contributed by atoms with Crippen molar-refractivity contribution in [2.45, 2.75) is 84.0 Å². The number of amides is 1. The Labute approximate surface area is 187 Å². The highest BCUT2D eigenvalue weighted by Crippen LogP contribution is 2.40. The minimum Gasteiger partial charge on any atom is -0.478 e. The number of hydrogen-bond donors (Lipinski definition) is 0. The minimum absolute atomic E-state index is 0.0443. The molecule has 1 saturated carbocycles. The third-order valence-electron chi connectivity index (χ3n) is 6.09. The molecule has 7 heteroatoms. The number of carbonyl (C=O) groups excluding carboxylic acids is 2. The average Bonchev–Trinajstić information content (AvgIpc) is 3.22. The van der Waals surface area contributed by atoms with Crippen LogP contribution >= 0.6 is 11.3 Å². The number of ether oxygens (including phenoxy) is 2. The van der Waals surface area contributed by atoms with Crippen LogP contribution in [0.2, 0.25) is 0 Å². The molecule has 1 aliphatic heterocycles. The van der Waals surface area contributed by atoms with E-state index in [4.69, 9.17) is 9.47 Å². The molecule has 2 aromatic rings. The predicted molar refractivity (Wildman–Crippen MR) is 122 cm³/mol. The van der Waals surface area contributed by atoms with Gasteiger partial charge in [-0.25, -0.2) is 9.78 Å². The lowest BCUT2D eigenvalue weighted by Crippen LogP contribution is -2.54. The minimum atomic E-state index is -0.668. The van der Waals surface area contributed by atoms with Gasteiger partial charge in [0.1, 0.15) is 17.9 Å². The lowest BCUT2D eigenvalue weighted by molar-refractivity contribution is -0.153. The van der Waals surface area contributed by atoms with Gasteiger partial charge < -0.3 is 9.47 Å². The van der Waals surface area contributed by atoms with Crippen molar-refractivity contribution < 1.29 is 19.1 Å². The fourth-order valence-corrected chi connectivity index (χ4v) is 5.02. The topological polar surface area (TPSA) is 68.7 Å². The first-order chi connectivity index (χ1) is 15.0. The third kappa shape index (κ3) is 4.47. The van der Waals surface area contributed by atoms with Crippen LogP contribution < -0.4 is 9.64 Å². The second-order valence-corrected chi connectivity index (χ2v) is 9.34. The molecule has 2 aliphatic rings. The molecule has 2 unspecified atom stereocenters. The van der Waals surface area contributed by atoms with Crippen LogP contribution in [0.4, 0.5) is 5.69 Å². The lowest BCUT2D eigenvalue weighted by Gasteiger charge is -2.38. The number of aryl methyl sites for hydroxylation is 1. The zero-order valence-corrected chi connectivity index (χ0v) is 19.2. The van der Waals surface area contributed by atoms with Gasteiger partial charge in [-0.2, -0.15) is 0 Å². The fraction of sp³-hybridized carbons (Fsp3) is 0.542. The average molecular weight is 443 g/mol. The van der Waals surface area contributed by atoms with E-state index < -0.39 is 12.1 Å². The standard InChI is InChI=1S/C24H30N2O4S/c1-4-19(24(28)29-17-9-7-6-8-10-17)26-20-13-16(18-14-31-15(3)25-18)11-12-22(20)30-21(5-2)23(26)27/h11-14,17,19,21H,4-10H2,1-3H3. The molecular weight excluding hydrogens is 412 g/mol. The normalized spacial score (nSPS) is 20.2. The van der Waals surface area contributed by atoms with Crippen LogP contribution in [-0.2, 0) is 14.3 Å². The largest absolute Gasteiger partial charge is 0.478 e. The van der Waals surface area contributed by atoms with Crippen molar-refractivity contribution in [2.75, 3.05) is 4.90 Å². The summed E-state index contributed by atoms with van der Waals surface area (Å²) >= 11 is 1.58. The van der Waals surface area contributed by atoms with Gasteiger partial charge in [-0.05, 0) is 63.6 Å². The number of rotatable bonds is 6. The number of nitrogens with zero attached hydrogens (tertiary/aromatic N) is 2. The van der Waals surface area contributed by atoms with Gasteiger partial charge in [0.2, 0.25) is 0 Å². The summed E-state index contributed by atoms with van der Waals surface area (Å²) in [4.78, 5) is 32.7. The molecule has 1 aliphatic carbocycles. The summed E-state index contributed by atoms with van der Waals surface area (Å²) in [6.07, 6.45) is 5.54. The third-order valence-corrected chi connectivity index (χ3v) is 6.87. The highest BCUT2D eigenvalue weighted by molar-refractivity contribution is 7.09. The Bertz CT molecular complexity index is 951. The molecule has 1 fully saturated rings. The van der Waals surface area contributed by atoms with Gasteiger partial charge in [0, 0.05) is 10.9 Å². The summed E-state index contributed by atoms with van der Waals surface area (Å²) in [7, 11) is 0. The van der Waals surface area contributed by atoms with E-state index >= 15 is 0 Å². The van der Waals surface area contributed by atoms with E-state index in [1.165, 1.54) is 6.42 Å². The smallest absolute Gasteiger partial charge is 0.329 e. The zero-order valence-electron chi connectivity index (χ0n) is 18.4. The van der Waals surface area contributed by atoms with E-state index in [0.717, 1.165) is 41.9 Å². The van der Waals surface area contributed by atoms with E-state index in [1.807, 2.05) is 44.4 Å². The van der Waals surface area contributed by atoms with Crippen LogP contribution in [0.3, 0.4) is 0 Å². The van der Waals surface area contributed by atoms with Gasteiger partial charge in [-0.1, -0.05) is 20.3 Å². The molecular formula is C24H30N2O4S. The summed E-state index contributed by atoms with van der Waals surface area (Å²) in [6, 6.07) is 5.07. The van der Waals surface area contributed by atoms with Gasteiger partial charge >= 0.3 is 5.97 Å². The monoisotopic (exact) mass is 442 g/mol. The molecule has 0 saturated heterocycles. The number of esters is 1. The van der Waals surface area contributed by atoms with Gasteiger partial charge in [-0.3, -0.25) is 9.69 Å². The molecule has 0 N–H and O–H groups in total. The number of aromatic nitrogens is 1. The Kier molecular flexibility index (Phi) is 6.60. The molecule has 1 amide bonds. The van der Waals surface area contributed by atoms with Crippen molar-refractivity contribution in [3.05, 3.63) is 28.6 Å². The van der Waals surface area contributed by atoms with Crippen molar-refractivity contribution in [1.82, 2.24) is 4.98 Å². The van der Waals surface area contributed by atoms with Crippen molar-refractivity contribution in [2.24, 2.45) is 0 Å². The van der Waals surface area contributed by atoms with Crippen LogP contribution in [-0.4, -0.2) is 35.1 Å². The maximum atomic E-state index is 13.3. The van der Waals surface area contributed by atoms with Crippen molar-refractivity contribution >= 4 is 28.9 Å². The number of fused-ring (bicyclic) bond motifs is 1. The Hall–Kier alpha value is -2.41. The number of benzene rings is 1. The van der Waals surface area contributed by atoms with Crippen LogP contribution in [0.15, 0.2) is 23.6 Å². The highest BCUT2D eigenvalue weighted by atomic mass is 32.1. The van der Waals surface area contributed by atoms with E-state index in [1.54, 1.807) is 16.2 Å². The second kappa shape index (κ2) is 9.39. The zero-order chi connectivity index (χ0) is 22.0. The van der Waals surface area contributed by atoms with E-state index in [9.17, 15) is 9.59 Å². The number of hydrogen-bond acceptors (Lipinski definition) is 6. The molecule has 166 valence electrons. The van der Waals surface area contributed by atoms with E-state index in [-0.39, 0.29) is 18.0 Å². The van der Waals surface area contributed by atoms with Crippen molar-refractivity contribution in [1.29, 1.82) is 0 Å². The summed E-state index contributed by atoms with van der Waals surface area (Å²) in [5.74, 6) is 0.112. The van der Waals surface area contributed by atoms with E-state index in [2.05, 4.69) is 4.98 Å². The summed E-state index contributed by atoms with van der Waals surface area (Å²) in [6.45, 7) is 5.80. The van der Waals surface area contributed by atoms with Crippen LogP contribution in [0.1, 0.15) is 63.8 Å². The molecule has 0 radical (unpaired) electrons. The van der Waals surface area contributed by atoms with Gasteiger partial charge in [0.15, 0.2) is 6.10 Å². The Morgan fingerprint density at radius 1 is 1.29 bits per heavy atom. The Morgan fingerprint density at radius 2 is 2.06 bits per heavy atom. The first-order valence-corrected chi connectivity index (χ1v) is 12.2.